The zero-order chi connectivity index (χ0) is 22.1. The van der Waals surface area contributed by atoms with Crippen LogP contribution in [0.1, 0.15) is 12.0 Å². The van der Waals surface area contributed by atoms with Crippen LogP contribution >= 0.6 is 23.2 Å². The van der Waals surface area contributed by atoms with Crippen LogP contribution in [0.15, 0.2) is 42.5 Å². The van der Waals surface area contributed by atoms with E-state index in [4.69, 9.17) is 23.2 Å². The number of hydrogen-bond donors (Lipinski definition) is 4. The Morgan fingerprint density at radius 3 is 2.65 bits per heavy atom. The Hall–Kier alpha value is -2.97. The Balaban J connectivity index is 1.38. The van der Waals surface area contributed by atoms with Crippen molar-refractivity contribution in [1.29, 1.82) is 0 Å². The van der Waals surface area contributed by atoms with Crippen molar-refractivity contribution >= 4 is 46.7 Å². The van der Waals surface area contributed by atoms with Crippen LogP contribution in [0.3, 0.4) is 0 Å². The van der Waals surface area contributed by atoms with Gasteiger partial charge in [-0.05, 0) is 42.3 Å². The first kappa shape index (κ1) is 21.3. The fraction of sp³-hybridized carbons (Fsp3) is 0.286. The number of carbonyl (C=O) groups excluding carboxylic acids is 3. The highest BCUT2D eigenvalue weighted by Crippen LogP contribution is 2.27. The number of fused-ring (bicyclic) bond motifs is 1. The lowest BCUT2D eigenvalue weighted by atomic mass is 10.0. The van der Waals surface area contributed by atoms with Crippen LogP contribution in [-0.4, -0.2) is 52.5 Å². The number of nitrogens with zero attached hydrogens (tertiary/aromatic N) is 1. The molecule has 0 unspecified atom stereocenters. The molecular formula is C21H20Cl2N4O4. The average Bonchev–Trinajstić information content (AvgIpc) is 3.15. The number of anilines is 1. The lowest BCUT2D eigenvalue weighted by molar-refractivity contribution is -0.147. The van der Waals surface area contributed by atoms with Gasteiger partial charge < -0.3 is 26.0 Å². The van der Waals surface area contributed by atoms with Gasteiger partial charge >= 0.3 is 6.03 Å². The van der Waals surface area contributed by atoms with Gasteiger partial charge in [-0.3, -0.25) is 9.59 Å². The van der Waals surface area contributed by atoms with E-state index in [0.717, 1.165) is 5.56 Å². The van der Waals surface area contributed by atoms with E-state index in [1.807, 2.05) is 0 Å². The number of nitrogens with one attached hydrogen (secondary N) is 3. The van der Waals surface area contributed by atoms with E-state index in [-0.39, 0.29) is 30.2 Å². The summed E-state index contributed by atoms with van der Waals surface area (Å²) in [5.41, 5.74) is 1.19. The van der Waals surface area contributed by atoms with Crippen LogP contribution in [0, 0.1) is 0 Å². The molecule has 2 heterocycles. The summed E-state index contributed by atoms with van der Waals surface area (Å²) in [5, 5.41) is 18.4. The maximum Gasteiger partial charge on any atom is 0.319 e. The van der Waals surface area contributed by atoms with Crippen LogP contribution in [0.25, 0.3) is 0 Å². The van der Waals surface area contributed by atoms with Crippen molar-refractivity contribution in [3.05, 3.63) is 58.1 Å². The highest BCUT2D eigenvalue weighted by molar-refractivity contribution is 6.35. The highest BCUT2D eigenvalue weighted by Gasteiger charge is 2.46. The van der Waals surface area contributed by atoms with E-state index in [2.05, 4.69) is 16.0 Å². The molecule has 2 saturated heterocycles. The molecule has 4 N–H and O–H groups in total. The Kier molecular flexibility index (Phi) is 5.93. The normalized spacial score (nSPS) is 22.6. The number of benzene rings is 2. The Bertz CT molecular complexity index is 1030. The molecule has 10 heteroatoms. The van der Waals surface area contributed by atoms with Gasteiger partial charge in [-0.25, -0.2) is 4.79 Å². The van der Waals surface area contributed by atoms with E-state index in [0.29, 0.717) is 28.6 Å². The molecule has 0 aliphatic carbocycles. The molecule has 162 valence electrons. The molecule has 2 aromatic rings. The third-order valence-corrected chi connectivity index (χ3v) is 5.95. The number of piperazine rings is 1. The van der Waals surface area contributed by atoms with E-state index >= 15 is 0 Å². The standard InChI is InChI=1S/C21H20Cl2N4O4/c22-12-3-6-15(23)16(8-12)26-21(31)24-13-9-18-19(29)25-17(20(30)27(18)10-13)7-11-1-4-14(28)5-2-11/h1-6,8,13,17-18,28H,7,9-10H2,(H,25,29)(H2,24,26,31)/t13-,17+,18-/m0/s1. The number of aromatic hydroxyl groups is 1. The first-order valence-corrected chi connectivity index (χ1v) is 10.5. The second-order valence-corrected chi connectivity index (χ2v) is 8.44. The molecule has 2 aliphatic heterocycles. The molecule has 0 aromatic heterocycles. The largest absolute Gasteiger partial charge is 0.508 e. The molecule has 31 heavy (non-hydrogen) atoms. The van der Waals surface area contributed by atoms with Crippen molar-refractivity contribution < 1.29 is 19.5 Å². The highest BCUT2D eigenvalue weighted by atomic mass is 35.5. The van der Waals surface area contributed by atoms with Crippen molar-refractivity contribution in [2.24, 2.45) is 0 Å². The van der Waals surface area contributed by atoms with Gasteiger partial charge in [0.25, 0.3) is 0 Å². The monoisotopic (exact) mass is 462 g/mol. The zero-order valence-corrected chi connectivity index (χ0v) is 17.8. The predicted molar refractivity (Wildman–Crippen MR) is 116 cm³/mol. The number of amides is 4. The summed E-state index contributed by atoms with van der Waals surface area (Å²) >= 11 is 12.0. The summed E-state index contributed by atoms with van der Waals surface area (Å²) in [6.07, 6.45) is 0.639. The summed E-state index contributed by atoms with van der Waals surface area (Å²) in [5.74, 6) is -0.306. The summed E-state index contributed by atoms with van der Waals surface area (Å²) < 4.78 is 0. The summed E-state index contributed by atoms with van der Waals surface area (Å²) in [7, 11) is 0. The quantitative estimate of drug-likeness (QED) is 0.559. The number of halogens is 2. The minimum Gasteiger partial charge on any atom is -0.508 e. The molecule has 8 nitrogen and oxygen atoms in total. The van der Waals surface area contributed by atoms with Gasteiger partial charge in [0.15, 0.2) is 0 Å². The molecule has 0 spiro atoms. The minimum atomic E-state index is -0.689. The molecule has 4 amide bonds. The summed E-state index contributed by atoms with van der Waals surface area (Å²) in [6, 6.07) is 9.02. The van der Waals surface area contributed by atoms with Gasteiger partial charge in [-0.15, -0.1) is 0 Å². The Labute approximate surface area is 188 Å². The van der Waals surface area contributed by atoms with Gasteiger partial charge in [0.2, 0.25) is 11.8 Å². The Morgan fingerprint density at radius 2 is 1.90 bits per heavy atom. The van der Waals surface area contributed by atoms with E-state index in [1.165, 1.54) is 23.1 Å². The fourth-order valence-corrected chi connectivity index (χ4v) is 4.24. The minimum absolute atomic E-state index is 0.133. The smallest absolute Gasteiger partial charge is 0.319 e. The van der Waals surface area contributed by atoms with Crippen molar-refractivity contribution in [2.75, 3.05) is 11.9 Å². The number of hydrogen-bond acceptors (Lipinski definition) is 4. The second-order valence-electron chi connectivity index (χ2n) is 7.59. The SMILES string of the molecule is O=C(Nc1cc(Cl)ccc1Cl)N[C@H]1C[C@H]2C(=O)N[C@H](Cc3ccc(O)cc3)C(=O)N2C1. The predicted octanol–water partition coefficient (Wildman–Crippen LogP) is 2.53. The Morgan fingerprint density at radius 1 is 1.16 bits per heavy atom. The van der Waals surface area contributed by atoms with Crippen LogP contribution in [0.5, 0.6) is 5.75 Å². The fourth-order valence-electron chi connectivity index (χ4n) is 3.91. The van der Waals surface area contributed by atoms with Gasteiger partial charge in [0.05, 0.1) is 16.8 Å². The first-order valence-electron chi connectivity index (χ1n) is 9.71. The molecule has 0 radical (unpaired) electrons. The van der Waals surface area contributed by atoms with E-state index in [9.17, 15) is 19.5 Å². The third kappa shape index (κ3) is 4.70. The second kappa shape index (κ2) is 8.64. The summed E-state index contributed by atoms with van der Waals surface area (Å²) in [6.45, 7) is 0.236. The van der Waals surface area contributed by atoms with Gasteiger partial charge in [0.1, 0.15) is 17.8 Å². The van der Waals surface area contributed by atoms with Gasteiger partial charge in [-0.1, -0.05) is 35.3 Å². The van der Waals surface area contributed by atoms with Gasteiger partial charge in [-0.2, -0.15) is 0 Å². The lowest BCUT2D eigenvalue weighted by Gasteiger charge is -2.34. The lowest BCUT2D eigenvalue weighted by Crippen LogP contribution is -2.61. The molecule has 4 rings (SSSR count). The number of phenols is 1. The van der Waals surface area contributed by atoms with Gasteiger partial charge in [0, 0.05) is 18.0 Å². The zero-order valence-electron chi connectivity index (χ0n) is 16.3. The third-order valence-electron chi connectivity index (χ3n) is 5.39. The molecule has 2 aliphatic rings. The van der Waals surface area contributed by atoms with Crippen LogP contribution < -0.4 is 16.0 Å². The van der Waals surface area contributed by atoms with Crippen molar-refractivity contribution in [2.45, 2.75) is 31.0 Å². The van der Waals surface area contributed by atoms with Crippen LogP contribution in [-0.2, 0) is 16.0 Å². The van der Waals surface area contributed by atoms with Crippen LogP contribution in [0.2, 0.25) is 10.0 Å². The number of urea groups is 1. The molecule has 0 bridgehead atoms. The van der Waals surface area contributed by atoms with E-state index < -0.39 is 18.1 Å². The van der Waals surface area contributed by atoms with E-state index in [1.54, 1.807) is 24.3 Å². The number of phenolic OH excluding ortho intramolecular Hbond substituents is 1. The molecule has 2 fully saturated rings. The molecular weight excluding hydrogens is 443 g/mol. The number of carbonyl (C=O) groups is 3. The maximum atomic E-state index is 12.9. The average molecular weight is 463 g/mol. The topological polar surface area (TPSA) is 111 Å². The molecule has 2 aromatic carbocycles. The molecule has 3 atom stereocenters. The summed E-state index contributed by atoms with van der Waals surface area (Å²) in [4.78, 5) is 39.4. The maximum absolute atomic E-state index is 12.9. The van der Waals surface area contributed by atoms with Crippen LogP contribution in [0.4, 0.5) is 10.5 Å². The number of rotatable bonds is 4. The first-order chi connectivity index (χ1) is 14.8. The van der Waals surface area contributed by atoms with Crippen molar-refractivity contribution in [3.63, 3.8) is 0 Å². The van der Waals surface area contributed by atoms with Crippen molar-refractivity contribution in [3.8, 4) is 5.75 Å². The molecule has 0 saturated carbocycles. The van der Waals surface area contributed by atoms with Crippen molar-refractivity contribution in [1.82, 2.24) is 15.5 Å².